The van der Waals surface area contributed by atoms with Crippen LogP contribution < -0.4 is 5.32 Å². The fourth-order valence-electron chi connectivity index (χ4n) is 3.39. The fraction of sp³-hybridized carbons (Fsp3) is 1.00. The summed E-state index contributed by atoms with van der Waals surface area (Å²) in [5.74, 6) is 0. The first kappa shape index (κ1) is 17.0. The Bertz CT molecular complexity index is 240. The molecule has 1 N–H and O–H groups in total. The summed E-state index contributed by atoms with van der Waals surface area (Å²) in [6.45, 7) is 13.4. The zero-order valence-electron chi connectivity index (χ0n) is 13.8. The van der Waals surface area contributed by atoms with E-state index in [-0.39, 0.29) is 5.60 Å². The summed E-state index contributed by atoms with van der Waals surface area (Å²) in [6, 6.07) is 0.536. The summed E-state index contributed by atoms with van der Waals surface area (Å²) >= 11 is 0. The molecule has 2 nitrogen and oxygen atoms in total. The molecule has 0 heterocycles. The number of hydrogen-bond donors (Lipinski definition) is 1. The molecule has 0 aromatic carbocycles. The standard InChI is InChI=1S/C17H35NO/c1-6-9-15(18-14-7-2)17(19-8-3)12-10-16(4,5)11-13-17/h15,18H,6-14H2,1-5H3. The normalized spacial score (nSPS) is 23.2. The molecule has 1 aliphatic carbocycles. The molecular weight excluding hydrogens is 234 g/mol. The highest BCUT2D eigenvalue weighted by molar-refractivity contribution is 4.98. The van der Waals surface area contributed by atoms with Crippen molar-refractivity contribution < 1.29 is 4.74 Å². The molecule has 1 rings (SSSR count). The van der Waals surface area contributed by atoms with Crippen molar-refractivity contribution in [2.45, 2.75) is 91.2 Å². The van der Waals surface area contributed by atoms with Crippen LogP contribution in [0.25, 0.3) is 0 Å². The summed E-state index contributed by atoms with van der Waals surface area (Å²) < 4.78 is 6.31. The molecule has 0 aromatic heterocycles. The topological polar surface area (TPSA) is 21.3 Å². The van der Waals surface area contributed by atoms with Gasteiger partial charge < -0.3 is 10.1 Å². The van der Waals surface area contributed by atoms with Crippen molar-refractivity contribution in [1.29, 1.82) is 0 Å². The van der Waals surface area contributed by atoms with Crippen LogP contribution in [-0.4, -0.2) is 24.8 Å². The highest BCUT2D eigenvalue weighted by Gasteiger charge is 2.43. The molecule has 114 valence electrons. The van der Waals surface area contributed by atoms with Gasteiger partial charge in [0.1, 0.15) is 0 Å². The minimum absolute atomic E-state index is 0.0927. The van der Waals surface area contributed by atoms with Crippen molar-refractivity contribution in [1.82, 2.24) is 5.32 Å². The average molecular weight is 269 g/mol. The van der Waals surface area contributed by atoms with Crippen molar-refractivity contribution in [2.75, 3.05) is 13.2 Å². The smallest absolute Gasteiger partial charge is 0.0834 e. The highest BCUT2D eigenvalue weighted by Crippen LogP contribution is 2.44. The van der Waals surface area contributed by atoms with Gasteiger partial charge in [0.15, 0.2) is 0 Å². The average Bonchev–Trinajstić information content (AvgIpc) is 2.38. The van der Waals surface area contributed by atoms with Gasteiger partial charge in [-0.3, -0.25) is 0 Å². The second-order valence-electron chi connectivity index (χ2n) is 6.96. The molecule has 0 aliphatic heterocycles. The largest absolute Gasteiger partial charge is 0.374 e. The highest BCUT2D eigenvalue weighted by atomic mass is 16.5. The second kappa shape index (κ2) is 7.64. The van der Waals surface area contributed by atoms with Gasteiger partial charge in [-0.05, 0) is 57.4 Å². The van der Waals surface area contributed by atoms with Crippen LogP contribution in [0.5, 0.6) is 0 Å². The summed E-state index contributed by atoms with van der Waals surface area (Å²) in [5.41, 5.74) is 0.595. The minimum Gasteiger partial charge on any atom is -0.374 e. The van der Waals surface area contributed by atoms with E-state index in [9.17, 15) is 0 Å². The summed E-state index contributed by atoms with van der Waals surface area (Å²) in [6.07, 6.45) is 8.69. The van der Waals surface area contributed by atoms with E-state index in [2.05, 4.69) is 39.9 Å². The van der Waals surface area contributed by atoms with Crippen molar-refractivity contribution in [2.24, 2.45) is 5.41 Å². The Morgan fingerprint density at radius 1 is 1.00 bits per heavy atom. The van der Waals surface area contributed by atoms with Crippen LogP contribution in [0.3, 0.4) is 0 Å². The summed E-state index contributed by atoms with van der Waals surface area (Å²) in [5, 5.41) is 3.77. The molecule has 0 radical (unpaired) electrons. The van der Waals surface area contributed by atoms with Crippen LogP contribution in [0.2, 0.25) is 0 Å². The number of nitrogens with one attached hydrogen (secondary N) is 1. The molecule has 0 amide bonds. The predicted octanol–water partition coefficient (Wildman–Crippen LogP) is 4.53. The minimum atomic E-state index is 0.0927. The molecule has 1 atom stereocenters. The molecule has 2 heteroatoms. The van der Waals surface area contributed by atoms with Crippen molar-refractivity contribution in [3.8, 4) is 0 Å². The van der Waals surface area contributed by atoms with Gasteiger partial charge in [0, 0.05) is 12.6 Å². The van der Waals surface area contributed by atoms with Crippen LogP contribution in [0.4, 0.5) is 0 Å². The first-order chi connectivity index (χ1) is 8.99. The van der Waals surface area contributed by atoms with Gasteiger partial charge in [-0.1, -0.05) is 34.1 Å². The Hall–Kier alpha value is -0.0800. The van der Waals surface area contributed by atoms with E-state index in [0.29, 0.717) is 11.5 Å². The maximum absolute atomic E-state index is 6.31. The SMILES string of the molecule is CCCNC(CCC)C1(OCC)CCC(C)(C)CC1. The number of ether oxygens (including phenoxy) is 1. The zero-order valence-corrected chi connectivity index (χ0v) is 13.8. The van der Waals surface area contributed by atoms with E-state index >= 15 is 0 Å². The molecule has 0 aromatic rings. The molecule has 0 bridgehead atoms. The lowest BCUT2D eigenvalue weighted by molar-refractivity contribution is -0.108. The van der Waals surface area contributed by atoms with E-state index in [4.69, 9.17) is 4.74 Å². The summed E-state index contributed by atoms with van der Waals surface area (Å²) in [7, 11) is 0. The van der Waals surface area contributed by atoms with Gasteiger partial charge in [0.2, 0.25) is 0 Å². The number of hydrogen-bond acceptors (Lipinski definition) is 2. The van der Waals surface area contributed by atoms with Gasteiger partial charge >= 0.3 is 0 Å². The first-order valence-electron chi connectivity index (χ1n) is 8.37. The molecule has 0 spiro atoms. The van der Waals surface area contributed by atoms with Gasteiger partial charge in [-0.15, -0.1) is 0 Å². The lowest BCUT2D eigenvalue weighted by Gasteiger charge is -2.48. The third kappa shape index (κ3) is 4.75. The monoisotopic (exact) mass is 269 g/mol. The van der Waals surface area contributed by atoms with Crippen LogP contribution >= 0.6 is 0 Å². The van der Waals surface area contributed by atoms with Gasteiger partial charge in [-0.25, -0.2) is 0 Å². The molecular formula is C17H35NO. The van der Waals surface area contributed by atoms with Gasteiger partial charge in [-0.2, -0.15) is 0 Å². The van der Waals surface area contributed by atoms with Crippen LogP contribution in [0, 0.1) is 5.41 Å². The first-order valence-corrected chi connectivity index (χ1v) is 8.37. The van der Waals surface area contributed by atoms with E-state index < -0.39 is 0 Å². The van der Waals surface area contributed by atoms with Crippen LogP contribution in [0.15, 0.2) is 0 Å². The zero-order chi connectivity index (χ0) is 14.4. The van der Waals surface area contributed by atoms with E-state index in [1.54, 1.807) is 0 Å². The number of rotatable bonds is 8. The second-order valence-corrected chi connectivity index (χ2v) is 6.96. The molecule has 1 unspecified atom stereocenters. The molecule has 0 saturated heterocycles. The maximum Gasteiger partial charge on any atom is 0.0834 e. The Balaban J connectivity index is 2.77. The quantitative estimate of drug-likeness (QED) is 0.699. The van der Waals surface area contributed by atoms with Gasteiger partial charge in [0.25, 0.3) is 0 Å². The van der Waals surface area contributed by atoms with E-state index in [1.807, 2.05) is 0 Å². The third-order valence-electron chi connectivity index (χ3n) is 4.73. The van der Waals surface area contributed by atoms with Crippen LogP contribution in [0.1, 0.15) is 79.6 Å². The Morgan fingerprint density at radius 2 is 1.63 bits per heavy atom. The maximum atomic E-state index is 6.31. The third-order valence-corrected chi connectivity index (χ3v) is 4.73. The lowest BCUT2D eigenvalue weighted by Crippen LogP contribution is -2.55. The Kier molecular flexibility index (Phi) is 6.82. The molecule has 1 fully saturated rings. The fourth-order valence-corrected chi connectivity index (χ4v) is 3.39. The Labute approximate surface area is 120 Å². The molecule has 1 saturated carbocycles. The molecule has 1 aliphatic rings. The van der Waals surface area contributed by atoms with Crippen molar-refractivity contribution in [3.05, 3.63) is 0 Å². The Morgan fingerprint density at radius 3 is 2.11 bits per heavy atom. The molecule has 19 heavy (non-hydrogen) atoms. The van der Waals surface area contributed by atoms with Crippen molar-refractivity contribution >= 4 is 0 Å². The summed E-state index contributed by atoms with van der Waals surface area (Å²) in [4.78, 5) is 0. The van der Waals surface area contributed by atoms with E-state index in [1.165, 1.54) is 44.9 Å². The lowest BCUT2D eigenvalue weighted by atomic mass is 9.67. The van der Waals surface area contributed by atoms with Crippen LogP contribution in [-0.2, 0) is 4.74 Å². The van der Waals surface area contributed by atoms with E-state index in [0.717, 1.165) is 13.2 Å². The predicted molar refractivity (Wildman–Crippen MR) is 83.6 cm³/mol. The van der Waals surface area contributed by atoms with Crippen molar-refractivity contribution in [3.63, 3.8) is 0 Å². The van der Waals surface area contributed by atoms with Gasteiger partial charge in [0.05, 0.1) is 5.60 Å².